The molecule has 0 aromatic heterocycles. The van der Waals surface area contributed by atoms with E-state index in [-0.39, 0.29) is 0 Å². The molecular formula is C15H26N2OS. The van der Waals surface area contributed by atoms with Gasteiger partial charge in [-0.25, -0.2) is 0 Å². The first-order valence-electron chi connectivity index (χ1n) is 7.93. The second kappa shape index (κ2) is 6.49. The minimum Gasteiger partial charge on any atom is -0.338 e. The van der Waals surface area contributed by atoms with Gasteiger partial charge in [0, 0.05) is 25.0 Å². The van der Waals surface area contributed by atoms with Crippen molar-refractivity contribution in [3.63, 3.8) is 0 Å². The minimum absolute atomic E-state index is 0.438. The lowest BCUT2D eigenvalue weighted by molar-refractivity contribution is -0.133. The van der Waals surface area contributed by atoms with Crippen molar-refractivity contribution in [2.75, 3.05) is 24.6 Å². The SMILES string of the molecule is O=C(CC1CCSCC1)N(CC1CCCN1)C1CC1. The van der Waals surface area contributed by atoms with E-state index < -0.39 is 0 Å². The van der Waals surface area contributed by atoms with Crippen molar-refractivity contribution < 1.29 is 4.79 Å². The van der Waals surface area contributed by atoms with Crippen molar-refractivity contribution in [1.82, 2.24) is 10.2 Å². The van der Waals surface area contributed by atoms with Gasteiger partial charge in [-0.3, -0.25) is 4.79 Å². The Morgan fingerprint density at radius 1 is 1.16 bits per heavy atom. The van der Waals surface area contributed by atoms with Gasteiger partial charge in [-0.05, 0) is 62.5 Å². The lowest BCUT2D eigenvalue weighted by Gasteiger charge is -2.29. The van der Waals surface area contributed by atoms with E-state index in [1.807, 2.05) is 11.8 Å². The summed E-state index contributed by atoms with van der Waals surface area (Å²) in [6.07, 6.45) is 8.29. The van der Waals surface area contributed by atoms with Crippen LogP contribution in [0.3, 0.4) is 0 Å². The van der Waals surface area contributed by atoms with Gasteiger partial charge < -0.3 is 10.2 Å². The second-order valence-corrected chi connectivity index (χ2v) is 7.56. The second-order valence-electron chi connectivity index (χ2n) is 6.33. The fourth-order valence-corrected chi connectivity index (χ4v) is 4.51. The Kier molecular flexibility index (Phi) is 4.69. The molecule has 1 aliphatic carbocycles. The summed E-state index contributed by atoms with van der Waals surface area (Å²) in [7, 11) is 0. The molecule has 2 aliphatic heterocycles. The predicted octanol–water partition coefficient (Wildman–Crippen LogP) is 2.26. The zero-order valence-corrected chi connectivity index (χ0v) is 12.6. The summed E-state index contributed by atoms with van der Waals surface area (Å²) < 4.78 is 0. The van der Waals surface area contributed by atoms with Crippen LogP contribution >= 0.6 is 11.8 Å². The smallest absolute Gasteiger partial charge is 0.223 e. The molecule has 2 heterocycles. The molecule has 1 amide bonds. The fraction of sp³-hybridized carbons (Fsp3) is 0.933. The molecule has 0 aromatic carbocycles. The van der Waals surface area contributed by atoms with Gasteiger partial charge in [-0.15, -0.1) is 0 Å². The fourth-order valence-electron chi connectivity index (χ4n) is 3.31. The molecule has 0 aromatic rings. The van der Waals surface area contributed by atoms with Crippen LogP contribution in [0.4, 0.5) is 0 Å². The molecule has 2 saturated heterocycles. The highest BCUT2D eigenvalue weighted by Gasteiger charge is 2.35. The standard InChI is InChI=1S/C15H26N2OS/c18-15(10-12-5-8-19-9-6-12)17(14-3-4-14)11-13-2-1-7-16-13/h12-14,16H,1-11H2. The van der Waals surface area contributed by atoms with Crippen molar-refractivity contribution in [3.8, 4) is 0 Å². The number of nitrogens with zero attached hydrogens (tertiary/aromatic N) is 1. The van der Waals surface area contributed by atoms with Crippen molar-refractivity contribution in [3.05, 3.63) is 0 Å². The summed E-state index contributed by atoms with van der Waals surface area (Å²) in [5, 5.41) is 3.53. The monoisotopic (exact) mass is 282 g/mol. The van der Waals surface area contributed by atoms with Crippen LogP contribution < -0.4 is 5.32 Å². The Hall–Kier alpha value is -0.220. The maximum absolute atomic E-state index is 12.6. The van der Waals surface area contributed by atoms with E-state index in [1.165, 1.54) is 50.0 Å². The third kappa shape index (κ3) is 3.88. The maximum Gasteiger partial charge on any atom is 0.223 e. The number of amides is 1. The van der Waals surface area contributed by atoms with Crippen LogP contribution in [0.15, 0.2) is 0 Å². The Morgan fingerprint density at radius 2 is 1.95 bits per heavy atom. The van der Waals surface area contributed by atoms with E-state index in [0.717, 1.165) is 19.5 Å². The average molecular weight is 282 g/mol. The third-order valence-electron chi connectivity index (χ3n) is 4.69. The quantitative estimate of drug-likeness (QED) is 0.839. The van der Waals surface area contributed by atoms with Gasteiger partial charge in [0.15, 0.2) is 0 Å². The molecule has 1 atom stereocenters. The van der Waals surface area contributed by atoms with Gasteiger partial charge in [0.1, 0.15) is 0 Å². The van der Waals surface area contributed by atoms with E-state index in [0.29, 0.717) is 23.9 Å². The molecular weight excluding hydrogens is 256 g/mol. The first-order chi connectivity index (χ1) is 9.33. The Labute approximate surface area is 120 Å². The van der Waals surface area contributed by atoms with E-state index in [1.54, 1.807) is 0 Å². The van der Waals surface area contributed by atoms with Crippen LogP contribution in [-0.2, 0) is 4.79 Å². The minimum atomic E-state index is 0.438. The number of rotatable bonds is 5. The topological polar surface area (TPSA) is 32.3 Å². The molecule has 3 fully saturated rings. The number of nitrogens with one attached hydrogen (secondary N) is 1. The molecule has 3 nitrogen and oxygen atoms in total. The highest BCUT2D eigenvalue weighted by molar-refractivity contribution is 7.99. The largest absolute Gasteiger partial charge is 0.338 e. The maximum atomic E-state index is 12.6. The predicted molar refractivity (Wildman–Crippen MR) is 80.4 cm³/mol. The molecule has 3 rings (SSSR count). The van der Waals surface area contributed by atoms with Crippen molar-refractivity contribution in [2.24, 2.45) is 5.92 Å². The van der Waals surface area contributed by atoms with Gasteiger partial charge in [-0.2, -0.15) is 11.8 Å². The molecule has 1 N–H and O–H groups in total. The number of carbonyl (C=O) groups excluding carboxylic acids is 1. The molecule has 1 unspecified atom stereocenters. The van der Waals surface area contributed by atoms with Crippen molar-refractivity contribution in [2.45, 2.75) is 57.0 Å². The van der Waals surface area contributed by atoms with Gasteiger partial charge >= 0.3 is 0 Å². The molecule has 0 bridgehead atoms. The molecule has 4 heteroatoms. The molecule has 1 saturated carbocycles. The summed E-state index contributed by atoms with van der Waals surface area (Å²) in [5.41, 5.74) is 0. The van der Waals surface area contributed by atoms with Gasteiger partial charge in [0.05, 0.1) is 0 Å². The number of hydrogen-bond donors (Lipinski definition) is 1. The van der Waals surface area contributed by atoms with E-state index in [9.17, 15) is 4.79 Å². The highest BCUT2D eigenvalue weighted by Crippen LogP contribution is 2.31. The zero-order chi connectivity index (χ0) is 13.1. The summed E-state index contributed by atoms with van der Waals surface area (Å²) in [5.74, 6) is 3.61. The normalized spacial score (nSPS) is 28.5. The highest BCUT2D eigenvalue weighted by atomic mass is 32.2. The van der Waals surface area contributed by atoms with Crippen molar-refractivity contribution >= 4 is 17.7 Å². The van der Waals surface area contributed by atoms with Gasteiger partial charge in [0.2, 0.25) is 5.91 Å². The van der Waals surface area contributed by atoms with Crippen molar-refractivity contribution in [1.29, 1.82) is 0 Å². The number of carbonyl (C=O) groups is 1. The van der Waals surface area contributed by atoms with Crippen LogP contribution in [0.25, 0.3) is 0 Å². The molecule has 0 radical (unpaired) electrons. The molecule has 19 heavy (non-hydrogen) atoms. The Bertz CT molecular complexity index is 307. The number of thioether (sulfide) groups is 1. The third-order valence-corrected chi connectivity index (χ3v) is 5.74. The summed E-state index contributed by atoms with van der Waals surface area (Å²) in [6, 6.07) is 1.14. The summed E-state index contributed by atoms with van der Waals surface area (Å²) >= 11 is 2.04. The molecule has 0 spiro atoms. The van der Waals surface area contributed by atoms with Crippen LogP contribution in [0, 0.1) is 5.92 Å². The van der Waals surface area contributed by atoms with Crippen LogP contribution in [0.1, 0.15) is 44.9 Å². The van der Waals surface area contributed by atoms with Crippen LogP contribution in [0.5, 0.6) is 0 Å². The summed E-state index contributed by atoms with van der Waals surface area (Å²) in [4.78, 5) is 14.8. The lowest BCUT2D eigenvalue weighted by Crippen LogP contribution is -2.43. The van der Waals surface area contributed by atoms with E-state index in [4.69, 9.17) is 0 Å². The Morgan fingerprint density at radius 3 is 2.58 bits per heavy atom. The first kappa shape index (κ1) is 13.7. The van der Waals surface area contributed by atoms with Gasteiger partial charge in [0.25, 0.3) is 0 Å². The van der Waals surface area contributed by atoms with E-state index in [2.05, 4.69) is 10.2 Å². The van der Waals surface area contributed by atoms with Gasteiger partial charge in [-0.1, -0.05) is 0 Å². The van der Waals surface area contributed by atoms with Crippen LogP contribution in [0.2, 0.25) is 0 Å². The first-order valence-corrected chi connectivity index (χ1v) is 9.09. The zero-order valence-electron chi connectivity index (χ0n) is 11.8. The Balaban J connectivity index is 1.51. The molecule has 3 aliphatic rings. The average Bonchev–Trinajstić information content (AvgIpc) is 3.14. The summed E-state index contributed by atoms with van der Waals surface area (Å²) in [6.45, 7) is 2.10. The lowest BCUT2D eigenvalue weighted by atomic mass is 9.98. The number of hydrogen-bond acceptors (Lipinski definition) is 3. The molecule has 108 valence electrons. The van der Waals surface area contributed by atoms with Crippen LogP contribution in [-0.4, -0.2) is 47.5 Å². The van der Waals surface area contributed by atoms with E-state index >= 15 is 0 Å².